The Labute approximate surface area is 159 Å². The standard InChI is InChI=1S/C16H10N2O8S2/c19-9-17-13-5-3-11(15(7-13)27(21,22)23)1-2-12-4-6-14(18-10-20)8-16(12)28(24,25)26/h1-8H,(H,21,22,23)(H,24,25,26)/p-2/b2-1+. The highest BCUT2D eigenvalue weighted by Crippen LogP contribution is 2.27. The van der Waals surface area contributed by atoms with E-state index < -0.39 is 30.0 Å². The Morgan fingerprint density at radius 2 is 1.07 bits per heavy atom. The lowest BCUT2D eigenvalue weighted by molar-refractivity contribution is 0.460. The summed E-state index contributed by atoms with van der Waals surface area (Å²) in [7, 11) is -9.92. The molecule has 0 saturated carbocycles. The first-order valence-electron chi connectivity index (χ1n) is 7.10. The van der Waals surface area contributed by atoms with E-state index in [0.717, 1.165) is 36.4 Å². The normalized spacial score (nSPS) is 11.6. The van der Waals surface area contributed by atoms with E-state index in [2.05, 4.69) is 9.98 Å². The van der Waals surface area contributed by atoms with Crippen LogP contribution < -0.4 is 0 Å². The van der Waals surface area contributed by atoms with Gasteiger partial charge in [-0.2, -0.15) is 9.98 Å². The van der Waals surface area contributed by atoms with Crippen molar-refractivity contribution in [3.8, 4) is 0 Å². The summed E-state index contributed by atoms with van der Waals surface area (Å²) in [6.45, 7) is 0. The summed E-state index contributed by atoms with van der Waals surface area (Å²) in [4.78, 5) is 25.6. The molecular weight excluding hydrogens is 412 g/mol. The van der Waals surface area contributed by atoms with Gasteiger partial charge in [0.05, 0.1) is 21.2 Å². The molecule has 0 N–H and O–H groups in total. The highest BCUT2D eigenvalue weighted by Gasteiger charge is 2.11. The second-order valence-electron chi connectivity index (χ2n) is 5.09. The third-order valence-corrected chi connectivity index (χ3v) is 5.11. The molecule has 0 atom stereocenters. The van der Waals surface area contributed by atoms with Gasteiger partial charge >= 0.3 is 0 Å². The zero-order valence-corrected chi connectivity index (χ0v) is 15.2. The van der Waals surface area contributed by atoms with Crippen LogP contribution >= 0.6 is 0 Å². The predicted molar refractivity (Wildman–Crippen MR) is 93.3 cm³/mol. The molecule has 2 rings (SSSR count). The van der Waals surface area contributed by atoms with E-state index in [0.29, 0.717) is 0 Å². The molecule has 0 spiro atoms. The number of hydrogen-bond acceptors (Lipinski definition) is 10. The Morgan fingerprint density at radius 1 is 0.714 bits per heavy atom. The van der Waals surface area contributed by atoms with Crippen molar-refractivity contribution in [3.63, 3.8) is 0 Å². The summed E-state index contributed by atoms with van der Waals surface area (Å²) in [6.07, 6.45) is 4.58. The molecule has 10 nitrogen and oxygen atoms in total. The van der Waals surface area contributed by atoms with Crippen molar-refractivity contribution < 1.29 is 35.5 Å². The molecule has 0 unspecified atom stereocenters. The van der Waals surface area contributed by atoms with Crippen LogP contribution in [0.15, 0.2) is 56.2 Å². The number of isocyanates is 2. The second kappa shape index (κ2) is 8.19. The number of aliphatic imine (C=N–C) groups is 2. The van der Waals surface area contributed by atoms with Crippen LogP contribution in [0.5, 0.6) is 0 Å². The Kier molecular flexibility index (Phi) is 6.16. The van der Waals surface area contributed by atoms with Gasteiger partial charge in [-0.15, -0.1) is 0 Å². The fourth-order valence-electron chi connectivity index (χ4n) is 2.18. The van der Waals surface area contributed by atoms with E-state index in [4.69, 9.17) is 0 Å². The van der Waals surface area contributed by atoms with Gasteiger partial charge in [-0.3, -0.25) is 0 Å². The van der Waals surface area contributed by atoms with Crippen LogP contribution in [0.3, 0.4) is 0 Å². The van der Waals surface area contributed by atoms with Gasteiger partial charge in [0.1, 0.15) is 20.2 Å². The smallest absolute Gasteiger partial charge is 0.240 e. The van der Waals surface area contributed by atoms with Gasteiger partial charge in [-0.1, -0.05) is 24.3 Å². The summed E-state index contributed by atoms with van der Waals surface area (Å²) in [5.41, 5.74) is -0.519. The number of carbonyl (C=O) groups excluding carboxylic acids is 2. The molecule has 0 fully saturated rings. The van der Waals surface area contributed by atoms with Crippen molar-refractivity contribution in [2.75, 3.05) is 0 Å². The minimum atomic E-state index is -4.96. The first kappa shape index (κ1) is 21.1. The van der Waals surface area contributed by atoms with Crippen LogP contribution in [0.25, 0.3) is 12.2 Å². The highest BCUT2D eigenvalue weighted by molar-refractivity contribution is 7.86. The van der Waals surface area contributed by atoms with Crippen LogP contribution in [-0.2, 0) is 29.8 Å². The molecule has 2 aromatic rings. The van der Waals surface area contributed by atoms with Gasteiger partial charge in [-0.25, -0.2) is 26.4 Å². The molecule has 0 bridgehead atoms. The first-order chi connectivity index (χ1) is 13.1. The van der Waals surface area contributed by atoms with Crippen molar-refractivity contribution in [1.82, 2.24) is 0 Å². The summed E-state index contributed by atoms with van der Waals surface area (Å²) in [6, 6.07) is 6.47. The van der Waals surface area contributed by atoms with E-state index in [9.17, 15) is 35.5 Å². The SMILES string of the molecule is O=C=Nc1ccc(/C=C/c2ccc(N=C=O)cc2S(=O)(=O)[O-])c(S(=O)(=O)[O-])c1. The van der Waals surface area contributed by atoms with Gasteiger partial charge in [-0.05, 0) is 35.4 Å². The topological polar surface area (TPSA) is 173 Å². The Balaban J connectivity index is 2.63. The molecule has 0 aliphatic heterocycles. The quantitative estimate of drug-likeness (QED) is 0.293. The molecular formula is C16H8N2O8S2-2. The van der Waals surface area contributed by atoms with E-state index in [-0.39, 0.29) is 22.5 Å². The molecule has 2 aromatic carbocycles. The van der Waals surface area contributed by atoms with Crippen molar-refractivity contribution >= 4 is 55.9 Å². The zero-order valence-electron chi connectivity index (χ0n) is 13.6. The average Bonchev–Trinajstić information content (AvgIpc) is 2.60. The first-order valence-corrected chi connectivity index (χ1v) is 9.91. The van der Waals surface area contributed by atoms with Gasteiger partial charge in [0.15, 0.2) is 0 Å². The van der Waals surface area contributed by atoms with E-state index in [1.807, 2.05) is 0 Å². The highest BCUT2D eigenvalue weighted by atomic mass is 32.2. The maximum absolute atomic E-state index is 11.4. The molecule has 144 valence electrons. The number of rotatable bonds is 6. The van der Waals surface area contributed by atoms with Gasteiger partial charge < -0.3 is 9.11 Å². The Bertz CT molecular complexity index is 1170. The second-order valence-corrected chi connectivity index (χ2v) is 7.79. The molecule has 0 aromatic heterocycles. The number of nitrogens with zero attached hydrogens (tertiary/aromatic N) is 2. The van der Waals surface area contributed by atoms with Crippen LogP contribution in [0.2, 0.25) is 0 Å². The van der Waals surface area contributed by atoms with Gasteiger partial charge in [0.2, 0.25) is 12.2 Å². The van der Waals surface area contributed by atoms with Crippen molar-refractivity contribution in [2.45, 2.75) is 9.79 Å². The molecule has 28 heavy (non-hydrogen) atoms. The maximum atomic E-state index is 11.4. The molecule has 12 heteroatoms. The minimum Gasteiger partial charge on any atom is -0.744 e. The predicted octanol–water partition coefficient (Wildman–Crippen LogP) is 1.60. The lowest BCUT2D eigenvalue weighted by Crippen LogP contribution is -2.02. The summed E-state index contributed by atoms with van der Waals surface area (Å²) < 4.78 is 68.6. The summed E-state index contributed by atoms with van der Waals surface area (Å²) in [5, 5.41) is 0. The van der Waals surface area contributed by atoms with Crippen LogP contribution in [0.1, 0.15) is 11.1 Å². The van der Waals surface area contributed by atoms with Crippen LogP contribution in [0.4, 0.5) is 11.4 Å². The Morgan fingerprint density at radius 3 is 1.36 bits per heavy atom. The van der Waals surface area contributed by atoms with Gasteiger partial charge in [0.25, 0.3) is 0 Å². The lowest BCUT2D eigenvalue weighted by Gasteiger charge is -2.12. The average molecular weight is 420 g/mol. The molecule has 0 amide bonds. The molecule has 0 heterocycles. The van der Waals surface area contributed by atoms with Crippen molar-refractivity contribution in [1.29, 1.82) is 0 Å². The van der Waals surface area contributed by atoms with Crippen molar-refractivity contribution in [3.05, 3.63) is 47.5 Å². The molecule has 0 saturated heterocycles. The molecule has 0 aliphatic rings. The Hall–Kier alpha value is -3.24. The monoisotopic (exact) mass is 420 g/mol. The minimum absolute atomic E-state index is 0.125. The van der Waals surface area contributed by atoms with E-state index in [1.165, 1.54) is 24.3 Å². The van der Waals surface area contributed by atoms with E-state index >= 15 is 0 Å². The third-order valence-electron chi connectivity index (χ3n) is 3.32. The fraction of sp³-hybridized carbons (Fsp3) is 0. The van der Waals surface area contributed by atoms with Crippen molar-refractivity contribution in [2.24, 2.45) is 9.98 Å². The van der Waals surface area contributed by atoms with Crippen LogP contribution in [-0.4, -0.2) is 38.1 Å². The summed E-state index contributed by atoms with van der Waals surface area (Å²) >= 11 is 0. The lowest BCUT2D eigenvalue weighted by atomic mass is 10.1. The number of hydrogen-bond donors (Lipinski definition) is 0. The molecule has 0 radical (unpaired) electrons. The van der Waals surface area contributed by atoms with E-state index in [1.54, 1.807) is 0 Å². The maximum Gasteiger partial charge on any atom is 0.240 e. The zero-order chi connectivity index (χ0) is 20.9. The van der Waals surface area contributed by atoms with Gasteiger partial charge in [0, 0.05) is 0 Å². The fourth-order valence-corrected chi connectivity index (χ4v) is 3.56. The summed E-state index contributed by atoms with van der Waals surface area (Å²) in [5.74, 6) is 0. The van der Waals surface area contributed by atoms with Crippen LogP contribution in [0, 0.1) is 0 Å². The third kappa shape index (κ3) is 5.15. The molecule has 0 aliphatic carbocycles. The largest absolute Gasteiger partial charge is 0.744 e. The number of benzene rings is 2.